The average molecular weight is 190 g/mol. The number of carbonyl (C=O) groups excluding carboxylic acids is 1. The minimum absolute atomic E-state index is 0.108. The number of primary amides is 1. The van der Waals surface area contributed by atoms with Crippen molar-refractivity contribution in [3.63, 3.8) is 0 Å². The van der Waals surface area contributed by atoms with E-state index in [1.54, 1.807) is 0 Å². The van der Waals surface area contributed by atoms with Gasteiger partial charge in [0, 0.05) is 5.56 Å². The minimum atomic E-state index is -4.58. The molecular formula is C8H6F3NO. The van der Waals surface area contributed by atoms with E-state index in [4.69, 9.17) is 7.10 Å². The van der Waals surface area contributed by atoms with E-state index in [0.29, 0.717) is 6.07 Å². The second-order valence-corrected chi connectivity index (χ2v) is 2.35. The van der Waals surface area contributed by atoms with Gasteiger partial charge >= 0.3 is 6.18 Å². The van der Waals surface area contributed by atoms with Gasteiger partial charge in [-0.25, -0.2) is 0 Å². The topological polar surface area (TPSA) is 43.1 Å². The molecule has 0 aliphatic heterocycles. The molecule has 13 heavy (non-hydrogen) atoms. The van der Waals surface area contributed by atoms with Gasteiger partial charge in [0.2, 0.25) is 5.91 Å². The van der Waals surface area contributed by atoms with Crippen molar-refractivity contribution in [2.75, 3.05) is 0 Å². The summed E-state index contributed by atoms with van der Waals surface area (Å²) in [5.74, 6) is -0.854. The summed E-state index contributed by atoms with van der Waals surface area (Å²) in [5.41, 5.74) is 3.65. The van der Waals surface area contributed by atoms with Crippen molar-refractivity contribution in [1.29, 1.82) is 0 Å². The quantitative estimate of drug-likeness (QED) is 0.720. The molecule has 1 aromatic carbocycles. The first-order chi connectivity index (χ1) is 6.32. The number of carbonyl (C=O) groups is 1. The van der Waals surface area contributed by atoms with Crippen LogP contribution in [0.15, 0.2) is 24.2 Å². The molecule has 0 heterocycles. The summed E-state index contributed by atoms with van der Waals surface area (Å²) in [6.07, 6.45) is -4.58. The van der Waals surface area contributed by atoms with Crippen molar-refractivity contribution in [3.8, 4) is 0 Å². The molecule has 1 amide bonds. The van der Waals surface area contributed by atoms with E-state index in [1.807, 2.05) is 0 Å². The predicted octanol–water partition coefficient (Wildman–Crippen LogP) is 1.80. The molecule has 0 bridgehead atoms. The highest BCUT2D eigenvalue weighted by molar-refractivity contribution is 5.92. The predicted molar refractivity (Wildman–Crippen MR) is 40.0 cm³/mol. The first-order valence-corrected chi connectivity index (χ1v) is 3.30. The number of benzene rings is 1. The van der Waals surface area contributed by atoms with Crippen LogP contribution in [0.4, 0.5) is 13.2 Å². The zero-order chi connectivity index (χ0) is 10.9. The SMILES string of the molecule is [2H]c1cc(C(N)=O)ccc1C(F)(F)F. The zero-order valence-electron chi connectivity index (χ0n) is 7.35. The van der Waals surface area contributed by atoms with Gasteiger partial charge in [0.25, 0.3) is 0 Å². The highest BCUT2D eigenvalue weighted by atomic mass is 19.4. The number of hydrogen-bond acceptors (Lipinski definition) is 1. The Hall–Kier alpha value is -1.52. The first-order valence-electron chi connectivity index (χ1n) is 3.80. The molecule has 0 radical (unpaired) electrons. The van der Waals surface area contributed by atoms with E-state index in [1.165, 1.54) is 0 Å². The molecular weight excluding hydrogens is 183 g/mol. The van der Waals surface area contributed by atoms with Gasteiger partial charge in [-0.1, -0.05) is 0 Å². The van der Waals surface area contributed by atoms with E-state index in [-0.39, 0.29) is 5.56 Å². The van der Waals surface area contributed by atoms with Gasteiger partial charge in [-0.15, -0.1) is 0 Å². The molecule has 2 N–H and O–H groups in total. The van der Waals surface area contributed by atoms with E-state index >= 15 is 0 Å². The van der Waals surface area contributed by atoms with Crippen LogP contribution >= 0.6 is 0 Å². The lowest BCUT2D eigenvalue weighted by molar-refractivity contribution is -0.137. The van der Waals surface area contributed by atoms with Gasteiger partial charge in [-0.2, -0.15) is 13.2 Å². The fraction of sp³-hybridized carbons (Fsp3) is 0.125. The van der Waals surface area contributed by atoms with Crippen molar-refractivity contribution in [1.82, 2.24) is 0 Å². The highest BCUT2D eigenvalue weighted by Gasteiger charge is 2.30. The molecule has 0 aromatic heterocycles. The van der Waals surface area contributed by atoms with Gasteiger partial charge in [0.1, 0.15) is 0 Å². The largest absolute Gasteiger partial charge is 0.416 e. The molecule has 0 aliphatic carbocycles. The number of hydrogen-bond donors (Lipinski definition) is 1. The second-order valence-electron chi connectivity index (χ2n) is 2.35. The van der Waals surface area contributed by atoms with Gasteiger partial charge in [-0.3, -0.25) is 4.79 Å². The normalized spacial score (nSPS) is 12.4. The number of halogens is 3. The van der Waals surface area contributed by atoms with Crippen molar-refractivity contribution in [3.05, 3.63) is 35.4 Å². The van der Waals surface area contributed by atoms with Crippen molar-refractivity contribution < 1.29 is 19.3 Å². The molecule has 0 fully saturated rings. The molecule has 0 unspecified atom stereocenters. The summed E-state index contributed by atoms with van der Waals surface area (Å²) in [5, 5.41) is 0. The van der Waals surface area contributed by atoms with E-state index in [0.717, 1.165) is 12.1 Å². The van der Waals surface area contributed by atoms with Crippen molar-refractivity contribution in [2.24, 2.45) is 5.73 Å². The number of rotatable bonds is 1. The molecule has 0 saturated heterocycles. The van der Waals surface area contributed by atoms with Crippen LogP contribution in [0.1, 0.15) is 17.3 Å². The molecule has 70 valence electrons. The van der Waals surface area contributed by atoms with Gasteiger partial charge in [-0.05, 0) is 24.2 Å². The minimum Gasteiger partial charge on any atom is -0.366 e. The Morgan fingerprint density at radius 1 is 1.38 bits per heavy atom. The summed E-state index contributed by atoms with van der Waals surface area (Å²) in [7, 11) is 0. The molecule has 1 rings (SSSR count). The van der Waals surface area contributed by atoms with Crippen LogP contribution in [0.2, 0.25) is 0 Å². The van der Waals surface area contributed by atoms with Crippen molar-refractivity contribution in [2.45, 2.75) is 6.18 Å². The molecule has 0 atom stereocenters. The maximum Gasteiger partial charge on any atom is 0.416 e. The standard InChI is InChI=1S/C8H6F3NO/c9-8(10,11)6-3-1-5(2-4-6)7(12)13/h1-4H,(H2,12,13)/i3D. The first kappa shape index (κ1) is 8.10. The molecule has 2 nitrogen and oxygen atoms in total. The summed E-state index contributed by atoms with van der Waals surface area (Å²) in [6.45, 7) is 0. The summed E-state index contributed by atoms with van der Waals surface area (Å²) >= 11 is 0. The Kier molecular flexibility index (Phi) is 1.92. The average Bonchev–Trinajstić information content (AvgIpc) is 2.01. The Morgan fingerprint density at radius 3 is 2.38 bits per heavy atom. The Morgan fingerprint density at radius 2 is 2.00 bits per heavy atom. The maximum absolute atomic E-state index is 12.1. The fourth-order valence-electron chi connectivity index (χ4n) is 0.754. The Bertz CT molecular complexity index is 375. The van der Waals surface area contributed by atoms with Crippen LogP contribution in [-0.2, 0) is 6.18 Å². The Balaban J connectivity index is 3.21. The summed E-state index contributed by atoms with van der Waals surface area (Å²) < 4.78 is 43.5. The lowest BCUT2D eigenvalue weighted by atomic mass is 10.1. The van der Waals surface area contributed by atoms with Crippen LogP contribution < -0.4 is 5.73 Å². The van der Waals surface area contributed by atoms with Gasteiger partial charge in [0.05, 0.1) is 6.93 Å². The van der Waals surface area contributed by atoms with Gasteiger partial charge in [0.15, 0.2) is 0 Å². The maximum atomic E-state index is 12.1. The van der Waals surface area contributed by atoms with E-state index in [9.17, 15) is 18.0 Å². The molecule has 0 saturated carbocycles. The third-order valence-electron chi connectivity index (χ3n) is 1.40. The molecule has 0 aliphatic rings. The summed E-state index contributed by atoms with van der Waals surface area (Å²) in [4.78, 5) is 10.6. The smallest absolute Gasteiger partial charge is 0.366 e. The lowest BCUT2D eigenvalue weighted by Crippen LogP contribution is -2.11. The fourth-order valence-corrected chi connectivity index (χ4v) is 0.754. The van der Waals surface area contributed by atoms with Crippen LogP contribution in [-0.4, -0.2) is 5.91 Å². The van der Waals surface area contributed by atoms with Crippen LogP contribution in [0.25, 0.3) is 0 Å². The van der Waals surface area contributed by atoms with E-state index in [2.05, 4.69) is 0 Å². The van der Waals surface area contributed by atoms with Gasteiger partial charge < -0.3 is 5.73 Å². The summed E-state index contributed by atoms with van der Waals surface area (Å²) in [6, 6.07) is 1.66. The van der Waals surface area contributed by atoms with E-state index < -0.39 is 23.7 Å². The van der Waals surface area contributed by atoms with Crippen molar-refractivity contribution >= 4 is 5.91 Å². The third-order valence-corrected chi connectivity index (χ3v) is 1.40. The number of amides is 1. The molecule has 1 aromatic rings. The second kappa shape index (κ2) is 3.08. The molecule has 0 spiro atoms. The van der Waals surface area contributed by atoms with Crippen LogP contribution in [0.5, 0.6) is 0 Å². The van der Waals surface area contributed by atoms with Crippen LogP contribution in [0.3, 0.4) is 0 Å². The van der Waals surface area contributed by atoms with Crippen LogP contribution in [0, 0.1) is 0 Å². The number of nitrogens with two attached hydrogens (primary N) is 1. The highest BCUT2D eigenvalue weighted by Crippen LogP contribution is 2.28. The third kappa shape index (κ3) is 2.21. The lowest BCUT2D eigenvalue weighted by Gasteiger charge is -2.05. The molecule has 5 heteroatoms. The monoisotopic (exact) mass is 190 g/mol. The zero-order valence-corrected chi connectivity index (χ0v) is 6.35. The Labute approximate surface area is 73.6 Å². The number of alkyl halides is 3.